The van der Waals surface area contributed by atoms with Gasteiger partial charge in [0.25, 0.3) is 0 Å². The van der Waals surface area contributed by atoms with Gasteiger partial charge in [0.2, 0.25) is 5.91 Å². The molecular formula is C18H27FN2OS. The summed E-state index contributed by atoms with van der Waals surface area (Å²) in [5.74, 6) is 1.37. The predicted molar refractivity (Wildman–Crippen MR) is 96.6 cm³/mol. The average Bonchev–Trinajstić information content (AvgIpc) is 2.78. The van der Waals surface area contributed by atoms with Crippen LogP contribution in [0.25, 0.3) is 0 Å². The largest absolute Gasteiger partial charge is 0.370 e. The summed E-state index contributed by atoms with van der Waals surface area (Å²) in [5.41, 5.74) is 1.03. The summed E-state index contributed by atoms with van der Waals surface area (Å²) in [7, 11) is 0. The number of nitrogens with zero attached hydrogens (tertiary/aromatic N) is 2. The monoisotopic (exact) mass is 338 g/mol. The Hall–Kier alpha value is -1.23. The van der Waals surface area contributed by atoms with Crippen molar-refractivity contribution >= 4 is 23.4 Å². The lowest BCUT2D eigenvalue weighted by Crippen LogP contribution is -2.42. The molecule has 0 aliphatic carbocycles. The van der Waals surface area contributed by atoms with Gasteiger partial charge in [-0.3, -0.25) is 4.79 Å². The highest BCUT2D eigenvalue weighted by atomic mass is 32.2. The molecule has 3 nitrogen and oxygen atoms in total. The van der Waals surface area contributed by atoms with Crippen LogP contribution < -0.4 is 4.90 Å². The van der Waals surface area contributed by atoms with Crippen molar-refractivity contribution in [2.45, 2.75) is 32.4 Å². The van der Waals surface area contributed by atoms with E-state index in [0.29, 0.717) is 5.92 Å². The lowest BCUT2D eigenvalue weighted by molar-refractivity contribution is -0.131. The van der Waals surface area contributed by atoms with E-state index in [-0.39, 0.29) is 17.0 Å². The summed E-state index contributed by atoms with van der Waals surface area (Å²) in [6.45, 7) is 9.60. The lowest BCUT2D eigenvalue weighted by Gasteiger charge is -2.28. The number of amides is 1. The van der Waals surface area contributed by atoms with Crippen molar-refractivity contribution in [3.8, 4) is 0 Å². The van der Waals surface area contributed by atoms with Crippen LogP contribution in [0.2, 0.25) is 0 Å². The van der Waals surface area contributed by atoms with Gasteiger partial charge in [-0.15, -0.1) is 11.8 Å². The molecule has 1 fully saturated rings. The molecule has 0 radical (unpaired) electrons. The number of benzene rings is 1. The second kappa shape index (κ2) is 8.57. The molecule has 1 atom stereocenters. The SMILES string of the molecule is CCSC(C(=O)N1CCCN(c2ccc(F)cc2)CC1)C(C)C. The van der Waals surface area contributed by atoms with E-state index in [4.69, 9.17) is 0 Å². The molecule has 1 aliphatic heterocycles. The fourth-order valence-electron chi connectivity index (χ4n) is 2.96. The molecule has 1 aliphatic rings. The Morgan fingerprint density at radius 2 is 1.87 bits per heavy atom. The molecule has 1 amide bonds. The maximum atomic E-state index is 13.1. The molecule has 1 heterocycles. The number of carbonyl (C=O) groups excluding carboxylic acids is 1. The van der Waals surface area contributed by atoms with Gasteiger partial charge < -0.3 is 9.80 Å². The van der Waals surface area contributed by atoms with E-state index in [0.717, 1.165) is 44.0 Å². The number of carbonyl (C=O) groups is 1. The van der Waals surface area contributed by atoms with Crippen molar-refractivity contribution < 1.29 is 9.18 Å². The first kappa shape index (κ1) is 18.1. The molecule has 1 unspecified atom stereocenters. The minimum Gasteiger partial charge on any atom is -0.370 e. The van der Waals surface area contributed by atoms with Gasteiger partial charge in [-0.1, -0.05) is 20.8 Å². The molecule has 0 aromatic heterocycles. The van der Waals surface area contributed by atoms with E-state index < -0.39 is 0 Å². The zero-order valence-corrected chi connectivity index (χ0v) is 15.1. The van der Waals surface area contributed by atoms with Gasteiger partial charge in [0.05, 0.1) is 5.25 Å². The number of hydrogen-bond acceptors (Lipinski definition) is 3. The minimum absolute atomic E-state index is 0.0531. The highest BCUT2D eigenvalue weighted by Crippen LogP contribution is 2.23. The van der Waals surface area contributed by atoms with Crippen molar-refractivity contribution in [1.29, 1.82) is 0 Å². The maximum absolute atomic E-state index is 13.1. The standard InChI is InChI=1S/C18H27FN2OS/c1-4-23-17(14(2)3)18(22)21-11-5-10-20(12-13-21)16-8-6-15(19)7-9-16/h6-9,14,17H,4-5,10-13H2,1-3H3. The third kappa shape index (κ3) is 4.87. The Balaban J connectivity index is 2.00. The number of hydrogen-bond donors (Lipinski definition) is 0. The van der Waals surface area contributed by atoms with Crippen LogP contribution in [-0.4, -0.2) is 48.0 Å². The normalized spacial score (nSPS) is 17.3. The molecule has 1 aromatic carbocycles. The third-order valence-corrected chi connectivity index (χ3v) is 5.63. The fraction of sp³-hybridized carbons (Fsp3) is 0.611. The van der Waals surface area contributed by atoms with E-state index in [9.17, 15) is 9.18 Å². The Labute approximate surface area is 143 Å². The molecule has 0 saturated carbocycles. The third-order valence-electron chi connectivity index (χ3n) is 4.19. The van der Waals surface area contributed by atoms with E-state index in [1.807, 2.05) is 17.0 Å². The Bertz CT molecular complexity index is 506. The first-order valence-corrected chi connectivity index (χ1v) is 9.48. The first-order valence-electron chi connectivity index (χ1n) is 8.43. The second-order valence-corrected chi connectivity index (χ2v) is 7.68. The summed E-state index contributed by atoms with van der Waals surface area (Å²) in [6, 6.07) is 6.62. The minimum atomic E-state index is -0.211. The molecule has 0 bridgehead atoms. The zero-order chi connectivity index (χ0) is 16.8. The van der Waals surface area contributed by atoms with Crippen LogP contribution >= 0.6 is 11.8 Å². The van der Waals surface area contributed by atoms with Gasteiger partial charge in [0.1, 0.15) is 5.82 Å². The van der Waals surface area contributed by atoms with Crippen LogP contribution in [0.1, 0.15) is 27.2 Å². The topological polar surface area (TPSA) is 23.6 Å². The smallest absolute Gasteiger partial charge is 0.236 e. The average molecular weight is 338 g/mol. The van der Waals surface area contributed by atoms with Crippen LogP contribution in [0, 0.1) is 11.7 Å². The van der Waals surface area contributed by atoms with Crippen molar-refractivity contribution in [2.75, 3.05) is 36.8 Å². The van der Waals surface area contributed by atoms with Crippen molar-refractivity contribution in [3.05, 3.63) is 30.1 Å². The van der Waals surface area contributed by atoms with Crippen LogP contribution in [0.4, 0.5) is 10.1 Å². The van der Waals surface area contributed by atoms with Crippen molar-refractivity contribution in [1.82, 2.24) is 4.90 Å². The molecule has 0 N–H and O–H groups in total. The Morgan fingerprint density at radius 3 is 2.48 bits per heavy atom. The van der Waals surface area contributed by atoms with Crippen LogP contribution in [0.3, 0.4) is 0 Å². The Morgan fingerprint density at radius 1 is 1.17 bits per heavy atom. The number of halogens is 1. The summed E-state index contributed by atoms with van der Waals surface area (Å²) >= 11 is 1.75. The van der Waals surface area contributed by atoms with Crippen molar-refractivity contribution in [3.63, 3.8) is 0 Å². The molecule has 23 heavy (non-hydrogen) atoms. The molecule has 128 valence electrons. The highest BCUT2D eigenvalue weighted by molar-refractivity contribution is 8.00. The van der Waals surface area contributed by atoms with Gasteiger partial charge in [-0.05, 0) is 42.4 Å². The quantitative estimate of drug-likeness (QED) is 0.819. The van der Waals surface area contributed by atoms with Gasteiger partial charge >= 0.3 is 0 Å². The summed E-state index contributed by atoms with van der Waals surface area (Å²) in [5, 5.41) is 0.0531. The molecular weight excluding hydrogens is 311 g/mol. The predicted octanol–water partition coefficient (Wildman–Crippen LogP) is 3.64. The van der Waals surface area contributed by atoms with Crippen molar-refractivity contribution in [2.24, 2.45) is 5.92 Å². The van der Waals surface area contributed by atoms with Crippen LogP contribution in [0.5, 0.6) is 0 Å². The molecule has 1 saturated heterocycles. The van der Waals surface area contributed by atoms with Crippen LogP contribution in [-0.2, 0) is 4.79 Å². The van der Waals surface area contributed by atoms with Gasteiger partial charge in [0.15, 0.2) is 0 Å². The van der Waals surface area contributed by atoms with Gasteiger partial charge in [-0.25, -0.2) is 4.39 Å². The molecule has 0 spiro atoms. The Kier molecular flexibility index (Phi) is 6.75. The fourth-order valence-corrected chi connectivity index (χ4v) is 3.99. The molecule has 2 rings (SSSR count). The van der Waals surface area contributed by atoms with E-state index in [1.165, 1.54) is 12.1 Å². The first-order chi connectivity index (χ1) is 11.0. The highest BCUT2D eigenvalue weighted by Gasteiger charge is 2.28. The molecule has 1 aromatic rings. The van der Waals surface area contributed by atoms with E-state index >= 15 is 0 Å². The number of thioether (sulfide) groups is 1. The summed E-state index contributed by atoms with van der Waals surface area (Å²) < 4.78 is 13.1. The summed E-state index contributed by atoms with van der Waals surface area (Å²) in [4.78, 5) is 17.1. The second-order valence-electron chi connectivity index (χ2n) is 6.26. The number of rotatable bonds is 5. The zero-order valence-electron chi connectivity index (χ0n) is 14.3. The van der Waals surface area contributed by atoms with Crippen LogP contribution in [0.15, 0.2) is 24.3 Å². The van der Waals surface area contributed by atoms with Gasteiger partial charge in [-0.2, -0.15) is 0 Å². The maximum Gasteiger partial charge on any atom is 0.236 e. The lowest BCUT2D eigenvalue weighted by atomic mass is 10.1. The van der Waals surface area contributed by atoms with Gasteiger partial charge in [0, 0.05) is 31.9 Å². The molecule has 5 heteroatoms. The summed E-state index contributed by atoms with van der Waals surface area (Å²) in [6.07, 6.45) is 0.949. The number of anilines is 1. The van der Waals surface area contributed by atoms with E-state index in [1.54, 1.807) is 11.8 Å². The van der Waals surface area contributed by atoms with E-state index in [2.05, 4.69) is 25.7 Å².